The summed E-state index contributed by atoms with van der Waals surface area (Å²) >= 11 is 0. The minimum absolute atomic E-state index is 0.0284. The van der Waals surface area contributed by atoms with E-state index < -0.39 is 6.10 Å². The third-order valence-electron chi connectivity index (χ3n) is 11.4. The number of rotatable bonds is 12. The molecule has 6 aromatic rings. The van der Waals surface area contributed by atoms with Crippen LogP contribution in [0.25, 0.3) is 22.3 Å². The number of likely N-dealkylation sites (tertiary alicyclic amines) is 2. The van der Waals surface area contributed by atoms with Crippen LogP contribution in [0.1, 0.15) is 95.4 Å². The molecule has 0 spiro atoms. The van der Waals surface area contributed by atoms with Gasteiger partial charge in [-0.3, -0.25) is 23.7 Å². The number of aromatic nitrogens is 8. The molecule has 334 valence electrons. The predicted octanol–water partition coefficient (Wildman–Crippen LogP) is 6.50. The Hall–Kier alpha value is -6.95. The summed E-state index contributed by atoms with van der Waals surface area (Å²) in [6.45, 7) is 5.41. The van der Waals surface area contributed by atoms with Gasteiger partial charge in [-0.1, -0.05) is 24.3 Å². The molecule has 64 heavy (non-hydrogen) atoms. The first-order valence-electron chi connectivity index (χ1n) is 21.4. The molecule has 2 fully saturated rings. The fourth-order valence-corrected chi connectivity index (χ4v) is 7.87. The van der Waals surface area contributed by atoms with Gasteiger partial charge < -0.3 is 25.5 Å². The molecular weight excluding hydrogens is 823 g/mol. The van der Waals surface area contributed by atoms with Crippen LogP contribution in [0.4, 0.5) is 20.7 Å². The zero-order valence-corrected chi connectivity index (χ0v) is 36.3. The molecule has 1 unspecified atom stereocenters. The van der Waals surface area contributed by atoms with E-state index in [9.17, 15) is 28.3 Å². The molecule has 2 aliphatic rings. The van der Waals surface area contributed by atoms with Gasteiger partial charge in [0.1, 0.15) is 11.6 Å². The molecule has 3 N–H and O–H groups in total. The Balaban J connectivity index is 0.000000191. The molecule has 16 nitrogen and oxygen atoms in total. The van der Waals surface area contributed by atoms with Gasteiger partial charge in [-0.2, -0.15) is 10.2 Å². The molecule has 3 atom stereocenters. The van der Waals surface area contributed by atoms with Gasteiger partial charge in [-0.05, 0) is 87.8 Å². The van der Waals surface area contributed by atoms with Crippen molar-refractivity contribution < 1.29 is 28.3 Å². The van der Waals surface area contributed by atoms with E-state index in [1.54, 1.807) is 79.4 Å². The van der Waals surface area contributed by atoms with Crippen molar-refractivity contribution in [2.45, 2.75) is 70.6 Å². The number of carbonyl (C=O) groups excluding carboxylic acids is 3. The summed E-state index contributed by atoms with van der Waals surface area (Å²) in [6.07, 6.45) is 14.7. The number of nitrogens with zero attached hydrogens (tertiary/aromatic N) is 10. The van der Waals surface area contributed by atoms with Crippen molar-refractivity contribution in [1.29, 1.82) is 0 Å². The van der Waals surface area contributed by atoms with Gasteiger partial charge >= 0.3 is 0 Å². The zero-order chi connectivity index (χ0) is 45.3. The molecular formula is C46H52F2N12O4. The largest absolute Gasteiger partial charge is 0.389 e. The molecule has 0 saturated carbocycles. The highest BCUT2D eigenvalue weighted by Gasteiger charge is 2.32. The van der Waals surface area contributed by atoms with Gasteiger partial charge in [-0.25, -0.2) is 28.7 Å². The van der Waals surface area contributed by atoms with Gasteiger partial charge in [0.05, 0.1) is 11.7 Å². The van der Waals surface area contributed by atoms with Crippen molar-refractivity contribution in [3.8, 4) is 22.3 Å². The molecule has 0 bridgehead atoms. The average molecular weight is 875 g/mol. The number of nitrogens with one attached hydrogen (secondary N) is 2. The Bertz CT molecular complexity index is 2530. The standard InChI is InChI=1S/C23H27FN6O2.C23H25FN6O2/c2*1-15(31)17-11-25-23(26-12-17)27-13-19-5-3-4-10-30(19)22(32)21-20(14-29(2)28-21)16-6-8-18(24)9-7-16/h6-9,11-12,14-15,19,31H,3-5,10,13H2,1-2H3,(H,25,26,27);6-9,11-12,14,19H,3-5,10,13H2,1-2H3,(H,25,26,27)/t15-,19?;19-/m00/s1. The van der Waals surface area contributed by atoms with E-state index in [0.29, 0.717) is 71.7 Å². The second-order valence-corrected chi connectivity index (χ2v) is 16.1. The lowest BCUT2D eigenvalue weighted by atomic mass is 10.00. The van der Waals surface area contributed by atoms with Crippen molar-refractivity contribution in [1.82, 2.24) is 49.3 Å². The maximum absolute atomic E-state index is 13.5. The molecule has 2 amide bonds. The second kappa shape index (κ2) is 20.5. The minimum atomic E-state index is -0.621. The Morgan fingerprint density at radius 3 is 1.47 bits per heavy atom. The van der Waals surface area contributed by atoms with Crippen molar-refractivity contribution >= 4 is 29.5 Å². The summed E-state index contributed by atoms with van der Waals surface area (Å²) in [5, 5.41) is 24.8. The number of benzene rings is 2. The third kappa shape index (κ3) is 11.0. The van der Waals surface area contributed by atoms with Gasteiger partial charge in [0.2, 0.25) is 11.9 Å². The smallest absolute Gasteiger partial charge is 0.275 e. The molecule has 8 rings (SSSR count). The van der Waals surface area contributed by atoms with Gasteiger partial charge in [0.15, 0.2) is 17.2 Å². The summed E-state index contributed by atoms with van der Waals surface area (Å²) in [4.78, 5) is 58.9. The van der Waals surface area contributed by atoms with Crippen LogP contribution in [0.5, 0.6) is 0 Å². The molecule has 6 heterocycles. The van der Waals surface area contributed by atoms with E-state index in [-0.39, 0.29) is 41.3 Å². The number of aliphatic hydroxyl groups excluding tert-OH is 1. The number of anilines is 2. The number of Topliss-reactive ketones (excluding diaryl/α,β-unsaturated/α-hetero) is 1. The highest BCUT2D eigenvalue weighted by molar-refractivity contribution is 6.00. The molecule has 2 saturated heterocycles. The number of aliphatic hydroxyl groups is 1. The third-order valence-corrected chi connectivity index (χ3v) is 11.4. The fraction of sp³-hybridized carbons (Fsp3) is 0.370. The first-order valence-corrected chi connectivity index (χ1v) is 21.4. The number of piperidine rings is 2. The number of halogens is 2. The van der Waals surface area contributed by atoms with Crippen LogP contribution in [0.3, 0.4) is 0 Å². The molecule has 2 aromatic carbocycles. The van der Waals surface area contributed by atoms with Crippen LogP contribution in [0, 0.1) is 11.6 Å². The van der Waals surface area contributed by atoms with E-state index in [1.807, 2.05) is 9.80 Å². The fourth-order valence-electron chi connectivity index (χ4n) is 7.87. The average Bonchev–Trinajstić information content (AvgIpc) is 3.90. The monoisotopic (exact) mass is 874 g/mol. The summed E-state index contributed by atoms with van der Waals surface area (Å²) in [5.74, 6) is -0.156. The van der Waals surface area contributed by atoms with Gasteiger partial charge in [-0.15, -0.1) is 0 Å². The van der Waals surface area contributed by atoms with Crippen LogP contribution in [-0.2, 0) is 14.1 Å². The van der Waals surface area contributed by atoms with Crippen LogP contribution in [0.15, 0.2) is 85.7 Å². The molecule has 18 heteroatoms. The van der Waals surface area contributed by atoms with Crippen molar-refractivity contribution in [3.05, 3.63) is 120 Å². The van der Waals surface area contributed by atoms with E-state index in [1.165, 1.54) is 43.6 Å². The summed E-state index contributed by atoms with van der Waals surface area (Å²) in [5.41, 5.74) is 4.68. The van der Waals surface area contributed by atoms with Crippen LogP contribution in [0.2, 0.25) is 0 Å². The number of amides is 2. The Morgan fingerprint density at radius 1 is 0.672 bits per heavy atom. The van der Waals surface area contributed by atoms with E-state index in [0.717, 1.165) is 49.7 Å². The van der Waals surface area contributed by atoms with Crippen LogP contribution in [-0.4, -0.2) is 110 Å². The lowest BCUT2D eigenvalue weighted by Crippen LogP contribution is -2.47. The first kappa shape index (κ1) is 45.1. The minimum Gasteiger partial charge on any atom is -0.389 e. The summed E-state index contributed by atoms with van der Waals surface area (Å²) < 4.78 is 30.0. The number of hydrogen-bond donors (Lipinski definition) is 3. The highest BCUT2D eigenvalue weighted by Crippen LogP contribution is 2.29. The maximum Gasteiger partial charge on any atom is 0.275 e. The molecule has 0 radical (unpaired) electrons. The number of aryl methyl sites for hydroxylation is 2. The van der Waals surface area contributed by atoms with E-state index >= 15 is 0 Å². The molecule has 4 aromatic heterocycles. The highest BCUT2D eigenvalue weighted by atomic mass is 19.1. The Labute approximate surface area is 369 Å². The first-order chi connectivity index (χ1) is 30.8. The van der Waals surface area contributed by atoms with Crippen molar-refractivity contribution in [2.75, 3.05) is 36.8 Å². The normalized spacial score (nSPS) is 16.7. The van der Waals surface area contributed by atoms with Crippen molar-refractivity contribution in [2.24, 2.45) is 14.1 Å². The second-order valence-electron chi connectivity index (χ2n) is 16.1. The lowest BCUT2D eigenvalue weighted by Gasteiger charge is -2.35. The summed E-state index contributed by atoms with van der Waals surface area (Å²) in [7, 11) is 3.54. The zero-order valence-electron chi connectivity index (χ0n) is 36.3. The molecule has 2 aliphatic heterocycles. The predicted molar refractivity (Wildman–Crippen MR) is 236 cm³/mol. The SMILES string of the molecule is CC(=O)c1cnc(NC[C@@H]2CCCCN2C(=O)c2nn(C)cc2-c2ccc(F)cc2)nc1.C[C@H](O)c1cnc(NCC2CCCCN2C(=O)c2nn(C)cc2-c2ccc(F)cc2)nc1. The van der Waals surface area contributed by atoms with E-state index in [2.05, 4.69) is 40.8 Å². The lowest BCUT2D eigenvalue weighted by molar-refractivity contribution is 0.0614. The number of hydrogen-bond acceptors (Lipinski definition) is 12. The number of ketones is 1. The number of carbonyl (C=O) groups is 3. The van der Waals surface area contributed by atoms with Crippen LogP contribution < -0.4 is 10.6 Å². The quantitative estimate of drug-likeness (QED) is 0.113. The van der Waals surface area contributed by atoms with Gasteiger partial charge in [0, 0.05) is 106 Å². The van der Waals surface area contributed by atoms with Crippen LogP contribution >= 0.6 is 0 Å². The van der Waals surface area contributed by atoms with E-state index in [4.69, 9.17) is 0 Å². The maximum atomic E-state index is 13.5. The molecule has 0 aliphatic carbocycles. The van der Waals surface area contributed by atoms with Gasteiger partial charge in [0.25, 0.3) is 11.8 Å². The summed E-state index contributed by atoms with van der Waals surface area (Å²) in [6, 6.07) is 12.1. The topological polar surface area (TPSA) is 189 Å². The van der Waals surface area contributed by atoms with Crippen molar-refractivity contribution in [3.63, 3.8) is 0 Å². The Kier molecular flexibility index (Phi) is 14.4. The Morgan fingerprint density at radius 2 is 1.08 bits per heavy atom.